The van der Waals surface area contributed by atoms with E-state index in [-0.39, 0.29) is 6.54 Å². The number of hydrogen-bond donors (Lipinski definition) is 1. The van der Waals surface area contributed by atoms with Gasteiger partial charge in [-0.05, 0) is 39.7 Å². The molecule has 31 heavy (non-hydrogen) atoms. The number of amides is 1. The van der Waals surface area contributed by atoms with Crippen LogP contribution in [-0.4, -0.2) is 42.6 Å². The van der Waals surface area contributed by atoms with Gasteiger partial charge in [0, 0.05) is 36.8 Å². The first-order valence-corrected chi connectivity index (χ1v) is 10.2. The number of aromatic nitrogens is 2. The lowest BCUT2D eigenvalue weighted by molar-refractivity contribution is -0.145. The van der Waals surface area contributed by atoms with Gasteiger partial charge in [-0.25, -0.2) is 0 Å². The van der Waals surface area contributed by atoms with Crippen molar-refractivity contribution in [3.8, 4) is 5.75 Å². The number of alkyl halides is 3. The van der Waals surface area contributed by atoms with Gasteiger partial charge in [-0.1, -0.05) is 17.7 Å². The molecule has 0 aliphatic carbocycles. The van der Waals surface area contributed by atoms with Crippen molar-refractivity contribution < 1.29 is 27.4 Å². The van der Waals surface area contributed by atoms with Gasteiger partial charge >= 0.3 is 6.18 Å². The molecule has 1 amide bonds. The summed E-state index contributed by atoms with van der Waals surface area (Å²) in [5.74, 6) is -0.109. The number of halogens is 3. The second-order valence-corrected chi connectivity index (χ2v) is 8.22. The lowest BCUT2D eigenvalue weighted by atomic mass is 9.73. The van der Waals surface area contributed by atoms with E-state index >= 15 is 0 Å². The minimum Gasteiger partial charge on any atom is -0.496 e. The van der Waals surface area contributed by atoms with Crippen molar-refractivity contribution >= 4 is 5.91 Å². The van der Waals surface area contributed by atoms with Gasteiger partial charge in [-0.3, -0.25) is 9.48 Å². The number of hydrogen-bond acceptors (Lipinski definition) is 4. The van der Waals surface area contributed by atoms with E-state index in [4.69, 9.17) is 9.47 Å². The molecule has 0 saturated carbocycles. The Kier molecular flexibility index (Phi) is 6.64. The van der Waals surface area contributed by atoms with Crippen LogP contribution < -0.4 is 10.1 Å². The molecule has 1 saturated heterocycles. The Balaban J connectivity index is 1.92. The summed E-state index contributed by atoms with van der Waals surface area (Å²) in [6.45, 7) is 6.29. The molecule has 1 aliphatic heterocycles. The van der Waals surface area contributed by atoms with Crippen LogP contribution >= 0.6 is 0 Å². The Bertz CT molecular complexity index is 932. The second kappa shape index (κ2) is 8.90. The fraction of sp³-hybridized carbons (Fsp3) is 0.545. The van der Waals surface area contributed by atoms with Gasteiger partial charge in [0.05, 0.1) is 18.9 Å². The van der Waals surface area contributed by atoms with Crippen molar-refractivity contribution in [2.75, 3.05) is 26.9 Å². The molecule has 0 atom stereocenters. The minimum absolute atomic E-state index is 0.166. The van der Waals surface area contributed by atoms with Crippen LogP contribution in [0.2, 0.25) is 0 Å². The highest BCUT2D eigenvalue weighted by molar-refractivity contribution is 5.95. The summed E-state index contributed by atoms with van der Waals surface area (Å²) in [6, 6.07) is 5.28. The van der Waals surface area contributed by atoms with Crippen LogP contribution in [0.15, 0.2) is 24.4 Å². The Morgan fingerprint density at radius 2 is 2.00 bits per heavy atom. The van der Waals surface area contributed by atoms with E-state index in [9.17, 15) is 18.0 Å². The van der Waals surface area contributed by atoms with Crippen LogP contribution in [0.4, 0.5) is 13.2 Å². The Morgan fingerprint density at radius 1 is 1.32 bits per heavy atom. The van der Waals surface area contributed by atoms with Gasteiger partial charge in [0.15, 0.2) is 5.69 Å². The number of aryl methyl sites for hydroxylation is 1. The topological polar surface area (TPSA) is 65.4 Å². The fourth-order valence-electron chi connectivity index (χ4n) is 4.09. The monoisotopic (exact) mass is 439 g/mol. The average Bonchev–Trinajstić information content (AvgIpc) is 3.19. The van der Waals surface area contributed by atoms with Crippen molar-refractivity contribution in [1.29, 1.82) is 0 Å². The van der Waals surface area contributed by atoms with Crippen LogP contribution in [0.3, 0.4) is 0 Å². The number of nitrogens with zero attached hydrogens (tertiary/aromatic N) is 2. The summed E-state index contributed by atoms with van der Waals surface area (Å²) < 4.78 is 52.9. The smallest absolute Gasteiger partial charge is 0.433 e. The van der Waals surface area contributed by atoms with E-state index in [1.165, 1.54) is 0 Å². The molecule has 3 rings (SSSR count). The van der Waals surface area contributed by atoms with E-state index < -0.39 is 34.8 Å². The SMILES string of the molecule is COc1ccc(C)cc1C1(CNC(=O)c2cnn(C(C)C)c2C(F)(F)F)CCOCC1. The van der Waals surface area contributed by atoms with Crippen molar-refractivity contribution in [2.45, 2.75) is 51.2 Å². The summed E-state index contributed by atoms with van der Waals surface area (Å²) in [4.78, 5) is 12.9. The molecule has 2 aromatic rings. The van der Waals surface area contributed by atoms with Gasteiger partial charge in [-0.2, -0.15) is 18.3 Å². The van der Waals surface area contributed by atoms with Crippen molar-refractivity contribution in [3.05, 3.63) is 46.8 Å². The molecule has 1 fully saturated rings. The number of carbonyl (C=O) groups is 1. The number of nitrogens with one attached hydrogen (secondary N) is 1. The molecule has 1 N–H and O–H groups in total. The summed E-state index contributed by atoms with van der Waals surface area (Å²) in [7, 11) is 1.58. The minimum atomic E-state index is -4.69. The Morgan fingerprint density at radius 3 is 2.58 bits per heavy atom. The van der Waals surface area contributed by atoms with Crippen LogP contribution in [0.1, 0.15) is 59.9 Å². The summed E-state index contributed by atoms with van der Waals surface area (Å²) in [5.41, 5.74) is -0.0515. The van der Waals surface area contributed by atoms with Crippen LogP contribution in [0.5, 0.6) is 5.75 Å². The van der Waals surface area contributed by atoms with Gasteiger partial charge in [-0.15, -0.1) is 0 Å². The molecule has 9 heteroatoms. The normalized spacial score (nSPS) is 16.4. The Labute approximate surface area is 179 Å². The van der Waals surface area contributed by atoms with E-state index in [1.54, 1.807) is 21.0 Å². The van der Waals surface area contributed by atoms with E-state index in [0.717, 1.165) is 22.0 Å². The van der Waals surface area contributed by atoms with E-state index in [0.29, 0.717) is 31.8 Å². The van der Waals surface area contributed by atoms with Crippen molar-refractivity contribution in [2.24, 2.45) is 0 Å². The molecule has 0 radical (unpaired) electrons. The number of ether oxygens (including phenoxy) is 2. The first-order valence-electron chi connectivity index (χ1n) is 10.2. The molecule has 0 unspecified atom stereocenters. The number of methoxy groups -OCH3 is 1. The van der Waals surface area contributed by atoms with Gasteiger partial charge in [0.1, 0.15) is 5.75 Å². The molecule has 2 heterocycles. The maximum Gasteiger partial charge on any atom is 0.433 e. The van der Waals surface area contributed by atoms with E-state index in [2.05, 4.69) is 10.4 Å². The molecular weight excluding hydrogens is 411 g/mol. The third-order valence-corrected chi connectivity index (χ3v) is 5.76. The molecule has 1 aliphatic rings. The van der Waals surface area contributed by atoms with E-state index in [1.807, 2.05) is 25.1 Å². The second-order valence-electron chi connectivity index (χ2n) is 8.22. The third-order valence-electron chi connectivity index (χ3n) is 5.76. The van der Waals surface area contributed by atoms with Gasteiger partial charge < -0.3 is 14.8 Å². The fourth-order valence-corrected chi connectivity index (χ4v) is 4.09. The van der Waals surface area contributed by atoms with Crippen molar-refractivity contribution in [3.63, 3.8) is 0 Å². The number of benzene rings is 1. The van der Waals surface area contributed by atoms with Gasteiger partial charge in [0.25, 0.3) is 5.91 Å². The summed E-state index contributed by atoms with van der Waals surface area (Å²) in [6.07, 6.45) is -2.47. The predicted molar refractivity (Wildman–Crippen MR) is 109 cm³/mol. The first-order chi connectivity index (χ1) is 14.6. The molecular formula is C22H28F3N3O3. The molecule has 6 nitrogen and oxygen atoms in total. The lowest BCUT2D eigenvalue weighted by Crippen LogP contribution is -2.45. The largest absolute Gasteiger partial charge is 0.496 e. The average molecular weight is 439 g/mol. The zero-order valence-electron chi connectivity index (χ0n) is 18.2. The van der Waals surface area contributed by atoms with Crippen LogP contribution in [0, 0.1) is 6.92 Å². The summed E-state index contributed by atoms with van der Waals surface area (Å²) >= 11 is 0. The summed E-state index contributed by atoms with van der Waals surface area (Å²) in [5, 5.41) is 6.55. The van der Waals surface area contributed by atoms with Gasteiger partial charge in [0.2, 0.25) is 0 Å². The van der Waals surface area contributed by atoms with Crippen molar-refractivity contribution in [1.82, 2.24) is 15.1 Å². The molecule has 1 aromatic heterocycles. The predicted octanol–water partition coefficient (Wildman–Crippen LogP) is 4.28. The zero-order chi connectivity index (χ0) is 22.8. The first kappa shape index (κ1) is 23.1. The standard InChI is InChI=1S/C22H28F3N3O3/c1-14(2)28-19(22(23,24)25)16(12-27-28)20(29)26-13-21(7-9-31-10-8-21)17-11-15(3)5-6-18(17)30-4/h5-6,11-12,14H,7-10,13H2,1-4H3,(H,26,29). The maximum absolute atomic E-state index is 13.7. The molecule has 170 valence electrons. The Hall–Kier alpha value is -2.55. The third kappa shape index (κ3) is 4.71. The number of rotatable bonds is 6. The van der Waals surface area contributed by atoms with Crippen LogP contribution in [0.25, 0.3) is 0 Å². The highest BCUT2D eigenvalue weighted by atomic mass is 19.4. The van der Waals surface area contributed by atoms with Crippen LogP contribution in [-0.2, 0) is 16.3 Å². The highest BCUT2D eigenvalue weighted by Gasteiger charge is 2.42. The zero-order valence-corrected chi connectivity index (χ0v) is 18.2. The molecule has 0 spiro atoms. The lowest BCUT2D eigenvalue weighted by Gasteiger charge is -2.38. The molecule has 0 bridgehead atoms. The number of carbonyl (C=O) groups excluding carboxylic acids is 1. The maximum atomic E-state index is 13.7. The molecule has 1 aromatic carbocycles. The quantitative estimate of drug-likeness (QED) is 0.730. The highest BCUT2D eigenvalue weighted by Crippen LogP contribution is 2.40.